The number of nitrogens with one attached hydrogen (secondary N) is 1. The van der Waals surface area contributed by atoms with Crippen molar-refractivity contribution in [2.45, 2.75) is 0 Å². The van der Waals surface area contributed by atoms with Gasteiger partial charge in [0.15, 0.2) is 11.3 Å². The minimum atomic E-state index is -0.0552. The van der Waals surface area contributed by atoms with Crippen LogP contribution in [-0.4, -0.2) is 20.6 Å². The van der Waals surface area contributed by atoms with Crippen LogP contribution in [0.15, 0.2) is 63.8 Å². The second kappa shape index (κ2) is 4.92. The molecule has 4 rings (SSSR count). The van der Waals surface area contributed by atoms with Gasteiger partial charge in [-0.3, -0.25) is 4.79 Å². The number of para-hydroxylation sites is 1. The molecule has 0 fully saturated rings. The Morgan fingerprint density at radius 1 is 0.955 bits per heavy atom. The molecular weight excluding hydrogens is 280 g/mol. The first kappa shape index (κ1) is 12.5. The predicted molar refractivity (Wildman–Crippen MR) is 81.1 cm³/mol. The number of aromatic nitrogens is 4. The maximum atomic E-state index is 12.1. The molecule has 2 aromatic carbocycles. The molecule has 22 heavy (non-hydrogen) atoms. The van der Waals surface area contributed by atoms with Crippen LogP contribution in [0.25, 0.3) is 33.7 Å². The Balaban J connectivity index is 1.80. The Hall–Kier alpha value is -3.28. The number of nitrogens with zero attached hydrogens (tertiary/aromatic N) is 3. The molecule has 0 radical (unpaired) electrons. The van der Waals surface area contributed by atoms with Gasteiger partial charge in [-0.1, -0.05) is 36.4 Å². The van der Waals surface area contributed by atoms with Crippen molar-refractivity contribution in [3.8, 4) is 22.7 Å². The zero-order valence-corrected chi connectivity index (χ0v) is 11.4. The molecule has 6 nitrogen and oxygen atoms in total. The van der Waals surface area contributed by atoms with Gasteiger partial charge in [0.05, 0.1) is 5.39 Å². The predicted octanol–water partition coefficient (Wildman–Crippen LogP) is 2.64. The SMILES string of the molecule is O=c1cc(-c2ccc(-c3nnn[nH]3)cc2)oc2ccccc12. The number of benzene rings is 2. The van der Waals surface area contributed by atoms with E-state index < -0.39 is 0 Å². The van der Waals surface area contributed by atoms with Gasteiger partial charge >= 0.3 is 0 Å². The van der Waals surface area contributed by atoms with E-state index in [0.29, 0.717) is 22.6 Å². The summed E-state index contributed by atoms with van der Waals surface area (Å²) in [6, 6.07) is 16.2. The zero-order valence-electron chi connectivity index (χ0n) is 11.4. The lowest BCUT2D eigenvalue weighted by molar-refractivity contribution is 0.619. The summed E-state index contributed by atoms with van der Waals surface area (Å²) in [5.74, 6) is 1.12. The van der Waals surface area contributed by atoms with Gasteiger partial charge in [-0.05, 0) is 22.6 Å². The van der Waals surface area contributed by atoms with Crippen molar-refractivity contribution in [3.63, 3.8) is 0 Å². The van der Waals surface area contributed by atoms with Crippen molar-refractivity contribution in [1.82, 2.24) is 20.6 Å². The minimum Gasteiger partial charge on any atom is -0.456 e. The standard InChI is InChI=1S/C16H10N4O2/c21-13-9-15(22-14-4-2-1-3-12(13)14)10-5-7-11(8-6-10)16-17-19-20-18-16/h1-9H,(H,17,18,19,20). The summed E-state index contributed by atoms with van der Waals surface area (Å²) in [7, 11) is 0. The van der Waals surface area contributed by atoms with Crippen LogP contribution in [0.5, 0.6) is 0 Å². The molecule has 4 aromatic rings. The molecule has 1 N–H and O–H groups in total. The van der Waals surface area contributed by atoms with E-state index in [2.05, 4.69) is 20.6 Å². The molecule has 0 unspecified atom stereocenters. The molecule has 2 heterocycles. The topological polar surface area (TPSA) is 84.7 Å². The summed E-state index contributed by atoms with van der Waals surface area (Å²) in [6.45, 7) is 0. The molecule has 0 aliphatic rings. The smallest absolute Gasteiger partial charge is 0.193 e. The third-order valence-corrected chi connectivity index (χ3v) is 3.42. The largest absolute Gasteiger partial charge is 0.456 e. The molecule has 0 spiro atoms. The average Bonchev–Trinajstić information content (AvgIpc) is 3.09. The Labute approximate surface area is 124 Å². The van der Waals surface area contributed by atoms with Gasteiger partial charge in [0.25, 0.3) is 0 Å². The Bertz CT molecular complexity index is 989. The Morgan fingerprint density at radius 3 is 2.50 bits per heavy atom. The van der Waals surface area contributed by atoms with E-state index in [9.17, 15) is 4.79 Å². The second-order valence-corrected chi connectivity index (χ2v) is 4.80. The van der Waals surface area contributed by atoms with Gasteiger partial charge in [0.1, 0.15) is 11.3 Å². The number of H-pyrrole nitrogens is 1. The van der Waals surface area contributed by atoms with E-state index in [1.165, 1.54) is 6.07 Å². The van der Waals surface area contributed by atoms with Crippen LogP contribution in [0.1, 0.15) is 0 Å². The first-order chi connectivity index (χ1) is 10.8. The van der Waals surface area contributed by atoms with Crippen LogP contribution in [0, 0.1) is 0 Å². The molecule has 2 aromatic heterocycles. The van der Waals surface area contributed by atoms with E-state index in [0.717, 1.165) is 11.1 Å². The van der Waals surface area contributed by atoms with Crippen LogP contribution in [-0.2, 0) is 0 Å². The highest BCUT2D eigenvalue weighted by atomic mass is 16.3. The lowest BCUT2D eigenvalue weighted by atomic mass is 10.1. The highest BCUT2D eigenvalue weighted by molar-refractivity contribution is 5.78. The highest BCUT2D eigenvalue weighted by Gasteiger charge is 2.07. The third kappa shape index (κ3) is 2.07. The first-order valence-corrected chi connectivity index (χ1v) is 6.69. The maximum Gasteiger partial charge on any atom is 0.193 e. The maximum absolute atomic E-state index is 12.1. The number of rotatable bonds is 2. The zero-order chi connectivity index (χ0) is 14.9. The molecule has 0 bridgehead atoms. The molecule has 0 saturated carbocycles. The van der Waals surface area contributed by atoms with Crippen molar-refractivity contribution >= 4 is 11.0 Å². The van der Waals surface area contributed by atoms with Crippen molar-refractivity contribution in [1.29, 1.82) is 0 Å². The lowest BCUT2D eigenvalue weighted by Crippen LogP contribution is -1.99. The fraction of sp³-hybridized carbons (Fsp3) is 0. The fourth-order valence-corrected chi connectivity index (χ4v) is 2.32. The van der Waals surface area contributed by atoms with Gasteiger partial charge in [0.2, 0.25) is 0 Å². The number of tetrazole rings is 1. The van der Waals surface area contributed by atoms with Crippen LogP contribution >= 0.6 is 0 Å². The van der Waals surface area contributed by atoms with E-state index in [-0.39, 0.29) is 5.43 Å². The fourth-order valence-electron chi connectivity index (χ4n) is 2.32. The number of fused-ring (bicyclic) bond motifs is 1. The van der Waals surface area contributed by atoms with Gasteiger partial charge in [-0.2, -0.15) is 0 Å². The molecule has 0 saturated heterocycles. The molecule has 6 heteroatoms. The Morgan fingerprint density at radius 2 is 1.73 bits per heavy atom. The molecule has 106 valence electrons. The van der Waals surface area contributed by atoms with Crippen LogP contribution < -0.4 is 5.43 Å². The summed E-state index contributed by atoms with van der Waals surface area (Å²) in [5, 5.41) is 14.2. The normalized spacial score (nSPS) is 10.9. The molecule has 0 aliphatic heterocycles. The van der Waals surface area contributed by atoms with Crippen molar-refractivity contribution < 1.29 is 4.42 Å². The van der Waals surface area contributed by atoms with Gasteiger partial charge in [-0.25, -0.2) is 5.10 Å². The first-order valence-electron chi connectivity index (χ1n) is 6.69. The lowest BCUT2D eigenvalue weighted by Gasteiger charge is -2.03. The van der Waals surface area contributed by atoms with E-state index in [1.54, 1.807) is 12.1 Å². The van der Waals surface area contributed by atoms with Crippen LogP contribution in [0.2, 0.25) is 0 Å². The van der Waals surface area contributed by atoms with Gasteiger partial charge in [0, 0.05) is 17.2 Å². The van der Waals surface area contributed by atoms with E-state index >= 15 is 0 Å². The highest BCUT2D eigenvalue weighted by Crippen LogP contribution is 2.24. The van der Waals surface area contributed by atoms with Gasteiger partial charge in [-0.15, -0.1) is 5.10 Å². The summed E-state index contributed by atoms with van der Waals surface area (Å²) in [4.78, 5) is 12.1. The minimum absolute atomic E-state index is 0.0552. The van der Waals surface area contributed by atoms with Crippen molar-refractivity contribution in [2.24, 2.45) is 0 Å². The van der Waals surface area contributed by atoms with Crippen LogP contribution in [0.4, 0.5) is 0 Å². The molecule has 0 aliphatic carbocycles. The summed E-state index contributed by atoms with van der Waals surface area (Å²) in [6.07, 6.45) is 0. The van der Waals surface area contributed by atoms with E-state index in [1.807, 2.05) is 36.4 Å². The molecular formula is C16H10N4O2. The summed E-state index contributed by atoms with van der Waals surface area (Å²) < 4.78 is 5.81. The molecule has 0 amide bonds. The Kier molecular flexibility index (Phi) is 2.79. The average molecular weight is 290 g/mol. The third-order valence-electron chi connectivity index (χ3n) is 3.42. The quantitative estimate of drug-likeness (QED) is 0.613. The van der Waals surface area contributed by atoms with Gasteiger partial charge < -0.3 is 4.42 Å². The summed E-state index contributed by atoms with van der Waals surface area (Å²) in [5.41, 5.74) is 2.20. The monoisotopic (exact) mass is 290 g/mol. The number of aromatic amines is 1. The van der Waals surface area contributed by atoms with Crippen LogP contribution in [0.3, 0.4) is 0 Å². The van der Waals surface area contributed by atoms with E-state index in [4.69, 9.17) is 4.42 Å². The number of hydrogen-bond donors (Lipinski definition) is 1. The summed E-state index contributed by atoms with van der Waals surface area (Å²) >= 11 is 0. The number of hydrogen-bond acceptors (Lipinski definition) is 5. The molecule has 0 atom stereocenters. The second-order valence-electron chi connectivity index (χ2n) is 4.80. The van der Waals surface area contributed by atoms with Crippen molar-refractivity contribution in [3.05, 3.63) is 64.8 Å². The van der Waals surface area contributed by atoms with Crippen molar-refractivity contribution in [2.75, 3.05) is 0 Å².